The Labute approximate surface area is 254 Å². The first-order valence-corrected chi connectivity index (χ1v) is 18.1. The van der Waals surface area contributed by atoms with Gasteiger partial charge >= 0.3 is 15.2 Å². The standard InChI is InChI=1S/C26H35Cl2N5O7P2/c1-36-22(11-10-21-15-29-25-24(30-20-8-3-4-9-20)31-26(28)32-33(21)25)16-39-41(34,37-2)17-42(35)38-13-12-23(40-42)18-6-5-7-19(27)14-18/h5-7,14-15,20,22-23H,3-4,8-13,16-17H2,1-2H3,(H,30,31,32)/t22-,23-,41?,42?/m0/s1. The first-order chi connectivity index (χ1) is 20.2. The Bertz CT molecular complexity index is 1470. The molecule has 1 aliphatic heterocycles. The lowest BCUT2D eigenvalue weighted by Crippen LogP contribution is -2.21. The molecule has 0 bridgehead atoms. The van der Waals surface area contributed by atoms with Crippen LogP contribution in [0.15, 0.2) is 30.5 Å². The smallest absolute Gasteiger partial charge is 0.343 e. The van der Waals surface area contributed by atoms with Gasteiger partial charge in [0.1, 0.15) is 0 Å². The van der Waals surface area contributed by atoms with E-state index in [4.69, 9.17) is 46.0 Å². The maximum Gasteiger partial charge on any atom is 0.343 e. The molecule has 1 N–H and O–H groups in total. The molecule has 2 unspecified atom stereocenters. The number of nitrogens with one attached hydrogen (secondary N) is 1. The predicted octanol–water partition coefficient (Wildman–Crippen LogP) is 6.92. The van der Waals surface area contributed by atoms with Crippen LogP contribution in [0.1, 0.15) is 55.9 Å². The lowest BCUT2D eigenvalue weighted by Gasteiger charge is -2.31. The van der Waals surface area contributed by atoms with Crippen LogP contribution in [0, 0.1) is 0 Å². The third-order valence-electron chi connectivity index (χ3n) is 7.42. The number of hydrogen-bond acceptors (Lipinski definition) is 11. The number of halogens is 2. The van der Waals surface area contributed by atoms with E-state index in [0.717, 1.165) is 24.1 Å². The number of aryl methyl sites for hydroxylation is 1. The van der Waals surface area contributed by atoms with Gasteiger partial charge in [-0.1, -0.05) is 36.6 Å². The molecule has 16 heteroatoms. The summed E-state index contributed by atoms with van der Waals surface area (Å²) >= 11 is 12.3. The van der Waals surface area contributed by atoms with Gasteiger partial charge in [-0.2, -0.15) is 4.98 Å². The van der Waals surface area contributed by atoms with Crippen LogP contribution >= 0.6 is 38.4 Å². The molecule has 1 aromatic carbocycles. The Kier molecular flexibility index (Phi) is 10.6. The number of nitrogens with zero attached hydrogens (tertiary/aromatic N) is 4. The first kappa shape index (κ1) is 31.8. The molecule has 1 saturated carbocycles. The van der Waals surface area contributed by atoms with Crippen LogP contribution < -0.4 is 5.32 Å². The summed E-state index contributed by atoms with van der Waals surface area (Å²) in [6, 6.07) is 7.45. The monoisotopic (exact) mass is 661 g/mol. The first-order valence-electron chi connectivity index (χ1n) is 13.9. The Morgan fingerprint density at radius 1 is 1.24 bits per heavy atom. The summed E-state index contributed by atoms with van der Waals surface area (Å²) in [5.41, 5.74) is 2.17. The molecule has 2 fully saturated rings. The Hall–Kier alpha value is -1.59. The van der Waals surface area contributed by atoms with Crippen LogP contribution in [0.2, 0.25) is 10.3 Å². The van der Waals surface area contributed by atoms with Crippen molar-refractivity contribution in [1.82, 2.24) is 19.6 Å². The zero-order valence-electron chi connectivity index (χ0n) is 23.5. The fourth-order valence-corrected chi connectivity index (χ4v) is 10.2. The average Bonchev–Trinajstić information content (AvgIpc) is 3.63. The van der Waals surface area contributed by atoms with Crippen LogP contribution in [0.3, 0.4) is 0 Å². The molecule has 1 saturated heterocycles. The summed E-state index contributed by atoms with van der Waals surface area (Å²) in [6.07, 6.45) is 6.77. The molecule has 5 rings (SSSR count). The molecule has 42 heavy (non-hydrogen) atoms. The van der Waals surface area contributed by atoms with E-state index in [1.807, 2.05) is 6.07 Å². The highest BCUT2D eigenvalue weighted by Gasteiger charge is 2.43. The van der Waals surface area contributed by atoms with Crippen LogP contribution in [-0.4, -0.2) is 65.1 Å². The van der Waals surface area contributed by atoms with Crippen LogP contribution in [0.4, 0.5) is 5.82 Å². The van der Waals surface area contributed by atoms with E-state index in [0.29, 0.717) is 41.8 Å². The van der Waals surface area contributed by atoms with Crippen LogP contribution in [0.25, 0.3) is 5.65 Å². The summed E-state index contributed by atoms with van der Waals surface area (Å²) in [5, 5.41) is 8.45. The van der Waals surface area contributed by atoms with Crippen molar-refractivity contribution in [1.29, 1.82) is 0 Å². The molecule has 1 aliphatic carbocycles. The highest BCUT2D eigenvalue weighted by atomic mass is 35.5. The second kappa shape index (κ2) is 14.0. The van der Waals surface area contributed by atoms with Gasteiger partial charge in [-0.3, -0.25) is 13.7 Å². The third kappa shape index (κ3) is 7.92. The molecular formula is C26H35Cl2N5O7P2. The van der Waals surface area contributed by atoms with Gasteiger partial charge in [-0.15, -0.1) is 5.10 Å². The van der Waals surface area contributed by atoms with Gasteiger partial charge in [-0.25, -0.2) is 9.50 Å². The van der Waals surface area contributed by atoms with Crippen molar-refractivity contribution in [2.24, 2.45) is 0 Å². The number of methoxy groups -OCH3 is 1. The minimum absolute atomic E-state index is 0.0691. The number of rotatable bonds is 13. The molecule has 3 heterocycles. The van der Waals surface area contributed by atoms with E-state index >= 15 is 0 Å². The summed E-state index contributed by atoms with van der Waals surface area (Å²) in [5.74, 6) is 0.0872. The number of hydrogen-bond donors (Lipinski definition) is 1. The zero-order chi connectivity index (χ0) is 29.7. The van der Waals surface area contributed by atoms with E-state index in [1.54, 1.807) is 28.9 Å². The van der Waals surface area contributed by atoms with Crippen molar-refractivity contribution < 1.29 is 32.0 Å². The van der Waals surface area contributed by atoms with Crippen molar-refractivity contribution in [3.63, 3.8) is 0 Å². The van der Waals surface area contributed by atoms with Gasteiger partial charge in [0.05, 0.1) is 37.3 Å². The fourth-order valence-electron chi connectivity index (χ4n) is 5.15. The molecule has 4 atom stereocenters. The summed E-state index contributed by atoms with van der Waals surface area (Å²) in [6.45, 7) is 0.101. The quantitative estimate of drug-likeness (QED) is 0.191. The largest absolute Gasteiger partial charge is 0.379 e. The number of ether oxygens (including phenoxy) is 1. The summed E-state index contributed by atoms with van der Waals surface area (Å²) in [7, 11) is -4.89. The van der Waals surface area contributed by atoms with E-state index in [1.165, 1.54) is 27.1 Å². The molecule has 0 spiro atoms. The van der Waals surface area contributed by atoms with Crippen LogP contribution in [-0.2, 0) is 38.4 Å². The lowest BCUT2D eigenvalue weighted by molar-refractivity contribution is 0.0459. The fraction of sp³-hybridized carbons (Fsp3) is 0.577. The van der Waals surface area contributed by atoms with Gasteiger partial charge in [0.15, 0.2) is 17.4 Å². The van der Waals surface area contributed by atoms with Crippen molar-refractivity contribution in [3.05, 3.63) is 52.0 Å². The Morgan fingerprint density at radius 2 is 2.05 bits per heavy atom. The zero-order valence-corrected chi connectivity index (χ0v) is 26.8. The van der Waals surface area contributed by atoms with Gasteiger partial charge in [0.2, 0.25) is 5.28 Å². The van der Waals surface area contributed by atoms with Crippen LogP contribution in [0.5, 0.6) is 0 Å². The second-order valence-corrected chi connectivity index (χ2v) is 15.8. The summed E-state index contributed by atoms with van der Waals surface area (Å²) in [4.78, 5) is 8.88. The molecule has 0 amide bonds. The van der Waals surface area contributed by atoms with E-state index < -0.39 is 33.3 Å². The molecular weight excluding hydrogens is 627 g/mol. The van der Waals surface area contributed by atoms with Gasteiger partial charge in [-0.05, 0) is 55.0 Å². The van der Waals surface area contributed by atoms with E-state index in [9.17, 15) is 9.13 Å². The minimum Gasteiger partial charge on any atom is -0.379 e. The lowest BCUT2D eigenvalue weighted by atomic mass is 10.1. The molecule has 0 radical (unpaired) electrons. The molecule has 230 valence electrons. The molecule has 2 aromatic heterocycles. The normalized spacial score (nSPS) is 23.7. The third-order valence-corrected chi connectivity index (χ3v) is 12.8. The molecule has 12 nitrogen and oxygen atoms in total. The Morgan fingerprint density at radius 3 is 2.79 bits per heavy atom. The average molecular weight is 662 g/mol. The maximum absolute atomic E-state index is 13.5. The van der Waals surface area contributed by atoms with Crippen molar-refractivity contribution in [2.75, 3.05) is 38.7 Å². The Balaban J connectivity index is 1.19. The summed E-state index contributed by atoms with van der Waals surface area (Å²) < 4.78 is 56.5. The number of fused-ring (bicyclic) bond motifs is 1. The van der Waals surface area contributed by atoms with E-state index in [2.05, 4.69) is 20.4 Å². The van der Waals surface area contributed by atoms with Crippen molar-refractivity contribution in [3.8, 4) is 0 Å². The highest BCUT2D eigenvalue weighted by Crippen LogP contribution is 2.67. The topological polar surface area (TPSA) is 135 Å². The predicted molar refractivity (Wildman–Crippen MR) is 160 cm³/mol. The highest BCUT2D eigenvalue weighted by molar-refractivity contribution is 7.71. The van der Waals surface area contributed by atoms with Crippen molar-refractivity contribution >= 4 is 49.9 Å². The minimum atomic E-state index is -3.86. The van der Waals surface area contributed by atoms with Gasteiger partial charge in [0.25, 0.3) is 0 Å². The maximum atomic E-state index is 13.5. The van der Waals surface area contributed by atoms with Gasteiger partial charge < -0.3 is 23.6 Å². The van der Waals surface area contributed by atoms with Gasteiger partial charge in [0, 0.05) is 31.7 Å². The second-order valence-electron chi connectivity index (χ2n) is 10.3. The number of imidazole rings is 1. The van der Waals surface area contributed by atoms with E-state index in [-0.39, 0.29) is 18.5 Å². The van der Waals surface area contributed by atoms with Crippen molar-refractivity contribution in [2.45, 2.75) is 63.2 Å². The molecule has 3 aromatic rings. The number of anilines is 1. The SMILES string of the molecule is CO[C@@H](CCc1cnc2c(NC3CCCC3)nc(Cl)nn12)COP(=O)(CP1(=O)OCC[C@@H](c2cccc(Cl)c2)O1)OC. The molecule has 2 aliphatic rings. The number of aromatic nitrogens is 4. The number of benzene rings is 1.